The minimum Gasteiger partial charge on any atom is -0.312 e. The highest BCUT2D eigenvalue weighted by Crippen LogP contribution is 2.39. The minimum absolute atomic E-state index is 0.0421. The van der Waals surface area contributed by atoms with E-state index in [1.807, 2.05) is 0 Å². The zero-order valence-electron chi connectivity index (χ0n) is 14.7. The lowest BCUT2D eigenvalue weighted by atomic mass is 9.82. The van der Waals surface area contributed by atoms with E-state index < -0.39 is 23.1 Å². The van der Waals surface area contributed by atoms with Gasteiger partial charge in [0.2, 0.25) is 5.78 Å². The van der Waals surface area contributed by atoms with Gasteiger partial charge >= 0.3 is 5.54 Å². The first-order valence-corrected chi connectivity index (χ1v) is 8.61. The van der Waals surface area contributed by atoms with E-state index >= 15 is 0 Å². The van der Waals surface area contributed by atoms with Crippen LogP contribution >= 0.6 is 11.6 Å². The third-order valence-corrected chi connectivity index (χ3v) is 4.91. The molecule has 2 amide bonds. The van der Waals surface area contributed by atoms with Crippen molar-refractivity contribution in [2.45, 2.75) is 12.5 Å². The summed E-state index contributed by atoms with van der Waals surface area (Å²) < 4.78 is 0. The topological polar surface area (TPSA) is 87.1 Å². The van der Waals surface area contributed by atoms with E-state index in [4.69, 9.17) is 11.6 Å². The number of para-hydroxylation sites is 1. The van der Waals surface area contributed by atoms with E-state index in [9.17, 15) is 19.3 Å². The monoisotopic (exact) mass is 385 g/mol. The highest BCUT2D eigenvalue weighted by Gasteiger charge is 2.62. The first-order chi connectivity index (χ1) is 12.9. The molecule has 0 N–H and O–H groups in total. The molecule has 0 aromatic heterocycles. The average Bonchev–Trinajstić information content (AvgIpc) is 2.68. The van der Waals surface area contributed by atoms with Crippen LogP contribution in [0, 0.1) is 4.91 Å². The molecule has 7 nitrogen and oxygen atoms in total. The fourth-order valence-electron chi connectivity index (χ4n) is 3.20. The zero-order chi connectivity index (χ0) is 19.8. The van der Waals surface area contributed by atoms with Crippen molar-refractivity contribution in [3.05, 3.63) is 64.0 Å². The molecule has 0 fully saturated rings. The van der Waals surface area contributed by atoms with Crippen molar-refractivity contribution in [2.75, 3.05) is 23.4 Å². The number of hydrogen-bond donors (Lipinski definition) is 0. The molecule has 138 valence electrons. The van der Waals surface area contributed by atoms with Crippen molar-refractivity contribution in [2.24, 2.45) is 5.18 Å². The molecule has 1 unspecified atom stereocenters. The second kappa shape index (κ2) is 6.92. The van der Waals surface area contributed by atoms with Gasteiger partial charge in [0, 0.05) is 19.3 Å². The number of benzene rings is 2. The first kappa shape index (κ1) is 18.7. The Morgan fingerprint density at radius 3 is 2.41 bits per heavy atom. The van der Waals surface area contributed by atoms with Crippen LogP contribution in [0.25, 0.3) is 0 Å². The predicted octanol–water partition coefficient (Wildman–Crippen LogP) is 3.06. The molecule has 0 spiro atoms. The molecular formula is C19H16ClN3O4. The lowest BCUT2D eigenvalue weighted by molar-refractivity contribution is -0.131. The molecule has 27 heavy (non-hydrogen) atoms. The number of ketones is 1. The van der Waals surface area contributed by atoms with Gasteiger partial charge in [0.25, 0.3) is 11.8 Å². The van der Waals surface area contributed by atoms with Crippen LogP contribution in [-0.4, -0.2) is 36.7 Å². The normalized spacial score (nSPS) is 18.9. The number of fused-ring (bicyclic) bond motifs is 1. The molecule has 3 rings (SSSR count). The third-order valence-electron chi connectivity index (χ3n) is 4.60. The summed E-state index contributed by atoms with van der Waals surface area (Å²) >= 11 is 6.14. The number of nitroso groups, excluding NO2 is 1. The Morgan fingerprint density at radius 1 is 1.15 bits per heavy atom. The predicted molar refractivity (Wildman–Crippen MR) is 102 cm³/mol. The highest BCUT2D eigenvalue weighted by atomic mass is 35.5. The first-order valence-electron chi connectivity index (χ1n) is 8.23. The molecule has 1 aliphatic heterocycles. The number of rotatable bonds is 4. The molecular weight excluding hydrogens is 370 g/mol. The Balaban J connectivity index is 2.20. The Bertz CT molecular complexity index is 947. The van der Waals surface area contributed by atoms with Gasteiger partial charge in [-0.1, -0.05) is 35.9 Å². The summed E-state index contributed by atoms with van der Waals surface area (Å²) in [6, 6.07) is 13.0. The van der Waals surface area contributed by atoms with Gasteiger partial charge < -0.3 is 9.80 Å². The molecule has 1 heterocycles. The third kappa shape index (κ3) is 2.62. The summed E-state index contributed by atoms with van der Waals surface area (Å²) in [7, 11) is 1.37. The maximum absolute atomic E-state index is 13.3. The second-order valence-electron chi connectivity index (χ2n) is 6.01. The van der Waals surface area contributed by atoms with E-state index in [-0.39, 0.29) is 22.8 Å². The average molecular weight is 386 g/mol. The number of amides is 2. The number of anilines is 2. The van der Waals surface area contributed by atoms with E-state index in [1.54, 1.807) is 43.3 Å². The molecule has 2 aromatic rings. The largest absolute Gasteiger partial charge is 0.320 e. The molecule has 0 aliphatic carbocycles. The molecule has 1 atom stereocenters. The van der Waals surface area contributed by atoms with Crippen LogP contribution in [0.2, 0.25) is 5.02 Å². The fraction of sp³-hybridized carbons (Fsp3) is 0.211. The van der Waals surface area contributed by atoms with Gasteiger partial charge in [-0.15, -0.1) is 4.91 Å². The maximum atomic E-state index is 13.3. The summed E-state index contributed by atoms with van der Waals surface area (Å²) in [5, 5.41) is 2.83. The molecule has 0 saturated carbocycles. The molecule has 0 radical (unpaired) electrons. The molecule has 8 heteroatoms. The summed E-state index contributed by atoms with van der Waals surface area (Å²) in [6.45, 7) is 1.81. The molecule has 1 aliphatic rings. The number of carbonyl (C=O) groups is 3. The van der Waals surface area contributed by atoms with Gasteiger partial charge in [-0.05, 0) is 36.4 Å². The number of Topliss-reactive ketones (excluding diaryl/α,β-unsaturated/α-hetero) is 1. The van der Waals surface area contributed by atoms with Gasteiger partial charge in [-0.3, -0.25) is 14.4 Å². The summed E-state index contributed by atoms with van der Waals surface area (Å²) in [5.41, 5.74) is -2.15. The smallest absolute Gasteiger partial charge is 0.312 e. The van der Waals surface area contributed by atoms with Gasteiger partial charge in [-0.25, -0.2) is 0 Å². The Morgan fingerprint density at radius 2 is 1.81 bits per heavy atom. The Labute approximate surface area is 160 Å². The van der Waals surface area contributed by atoms with Crippen LogP contribution in [-0.2, 0) is 9.59 Å². The van der Waals surface area contributed by atoms with Gasteiger partial charge in [-0.2, -0.15) is 0 Å². The summed E-state index contributed by atoms with van der Waals surface area (Å²) in [4.78, 5) is 53.5. The van der Waals surface area contributed by atoms with Crippen LogP contribution in [0.15, 0.2) is 53.7 Å². The zero-order valence-corrected chi connectivity index (χ0v) is 15.4. The lowest BCUT2D eigenvalue weighted by Crippen LogP contribution is -2.64. The van der Waals surface area contributed by atoms with Crippen molar-refractivity contribution in [1.82, 2.24) is 0 Å². The number of nitrogens with zero attached hydrogens (tertiary/aromatic N) is 3. The van der Waals surface area contributed by atoms with E-state index in [0.29, 0.717) is 5.69 Å². The Kier molecular flexibility index (Phi) is 4.80. The summed E-state index contributed by atoms with van der Waals surface area (Å²) in [5.74, 6) is -3.02. The number of carbonyl (C=O) groups excluding carboxylic acids is 3. The number of likely N-dealkylation sites (N-methyl/N-ethyl adjacent to an activating group) is 2. The second-order valence-corrected chi connectivity index (χ2v) is 6.42. The maximum Gasteiger partial charge on any atom is 0.320 e. The van der Waals surface area contributed by atoms with Crippen molar-refractivity contribution in [1.29, 1.82) is 0 Å². The van der Waals surface area contributed by atoms with E-state index in [1.165, 1.54) is 24.1 Å². The number of halogens is 1. The van der Waals surface area contributed by atoms with Crippen molar-refractivity contribution in [3.8, 4) is 0 Å². The fourth-order valence-corrected chi connectivity index (χ4v) is 3.46. The van der Waals surface area contributed by atoms with Crippen LogP contribution in [0.3, 0.4) is 0 Å². The molecule has 0 saturated heterocycles. The van der Waals surface area contributed by atoms with Crippen LogP contribution in [0.5, 0.6) is 0 Å². The quantitative estimate of drug-likeness (QED) is 0.597. The van der Waals surface area contributed by atoms with Crippen molar-refractivity contribution < 1.29 is 14.4 Å². The standard InChI is InChI=1S/C19H16ClN3O4/c1-3-23(12-8-5-4-6-9-12)18(26)19(21-27)16(24)15-13(20)10-7-11-14(15)22(2)17(19)25/h4-11H,3H2,1-2H3. The van der Waals surface area contributed by atoms with Crippen LogP contribution < -0.4 is 9.80 Å². The SMILES string of the molecule is CCN(C(=O)C1(N=O)C(=O)c2c(Cl)cccc2N(C)C1=O)c1ccccc1. The molecule has 2 aromatic carbocycles. The van der Waals surface area contributed by atoms with Crippen LogP contribution in [0.1, 0.15) is 17.3 Å². The van der Waals surface area contributed by atoms with Gasteiger partial charge in [0.15, 0.2) is 0 Å². The number of hydrogen-bond acceptors (Lipinski definition) is 5. The van der Waals surface area contributed by atoms with E-state index in [2.05, 4.69) is 5.18 Å². The molecule has 0 bridgehead atoms. The highest BCUT2D eigenvalue weighted by molar-refractivity contribution is 6.45. The van der Waals surface area contributed by atoms with Gasteiger partial charge in [0.05, 0.1) is 16.3 Å². The van der Waals surface area contributed by atoms with Crippen molar-refractivity contribution in [3.63, 3.8) is 0 Å². The Hall–Kier alpha value is -3.06. The van der Waals surface area contributed by atoms with Gasteiger partial charge in [0.1, 0.15) is 0 Å². The summed E-state index contributed by atoms with van der Waals surface area (Å²) in [6.07, 6.45) is 0. The van der Waals surface area contributed by atoms with Crippen molar-refractivity contribution >= 4 is 40.6 Å². The minimum atomic E-state index is -2.75. The van der Waals surface area contributed by atoms with Crippen LogP contribution in [0.4, 0.5) is 11.4 Å². The van der Waals surface area contributed by atoms with E-state index in [0.717, 1.165) is 4.90 Å². The lowest BCUT2D eigenvalue weighted by Gasteiger charge is -2.37.